The highest BCUT2D eigenvalue weighted by Gasteiger charge is 2.15. The molecular weight excluding hydrogens is 418 g/mol. The standard InChI is InChI=1S/C24H33NO5.C3H6/c1-18(26)15-30-19(2)16-29-17-22(14-21-8-11-23(27)12-9-21)25-24(28)13-10-20-6-4-3-5-7-20;1-3-2/h3-9,11-12,18-19,22,26-27H,10,13-17H2,1-2H3,(H,25,28);3H,1H2,2H3/t18-,19+,22+;/m1./s1. The molecule has 1 amide bonds. The third kappa shape index (κ3) is 14.2. The fourth-order valence-electron chi connectivity index (χ4n) is 3.00. The van der Waals surface area contributed by atoms with Crippen LogP contribution >= 0.6 is 0 Å². The number of aliphatic hydroxyl groups excluding tert-OH is 1. The zero-order valence-corrected chi connectivity index (χ0v) is 20.1. The van der Waals surface area contributed by atoms with Crippen molar-refractivity contribution in [3.63, 3.8) is 0 Å². The molecule has 6 heteroatoms. The van der Waals surface area contributed by atoms with Gasteiger partial charge in [-0.15, -0.1) is 6.58 Å². The number of aryl methyl sites for hydroxylation is 1. The predicted molar refractivity (Wildman–Crippen MR) is 132 cm³/mol. The maximum absolute atomic E-state index is 12.5. The maximum atomic E-state index is 12.5. The first kappa shape index (κ1) is 28.4. The van der Waals surface area contributed by atoms with E-state index >= 15 is 0 Å². The van der Waals surface area contributed by atoms with Crippen molar-refractivity contribution in [1.82, 2.24) is 5.32 Å². The van der Waals surface area contributed by atoms with E-state index in [0.717, 1.165) is 11.1 Å². The zero-order chi connectivity index (χ0) is 24.5. The summed E-state index contributed by atoms with van der Waals surface area (Å²) in [7, 11) is 0. The molecule has 0 saturated heterocycles. The molecule has 2 aromatic carbocycles. The first-order valence-electron chi connectivity index (χ1n) is 11.4. The first-order chi connectivity index (χ1) is 15.8. The van der Waals surface area contributed by atoms with Gasteiger partial charge in [-0.3, -0.25) is 4.79 Å². The van der Waals surface area contributed by atoms with Gasteiger partial charge in [0.15, 0.2) is 0 Å². The highest BCUT2D eigenvalue weighted by atomic mass is 16.5. The molecule has 33 heavy (non-hydrogen) atoms. The molecule has 2 aromatic rings. The van der Waals surface area contributed by atoms with Crippen molar-refractivity contribution in [1.29, 1.82) is 0 Å². The molecule has 3 atom stereocenters. The molecule has 3 N–H and O–H groups in total. The quantitative estimate of drug-likeness (QED) is 0.395. The molecular formula is C27H39NO5. The Bertz CT molecular complexity index is 777. The van der Waals surface area contributed by atoms with Gasteiger partial charge in [-0.25, -0.2) is 0 Å². The van der Waals surface area contributed by atoms with Crippen molar-refractivity contribution in [3.8, 4) is 5.75 Å². The van der Waals surface area contributed by atoms with E-state index in [1.165, 1.54) is 0 Å². The van der Waals surface area contributed by atoms with Crippen molar-refractivity contribution in [2.75, 3.05) is 19.8 Å². The number of phenolic OH excluding ortho intramolecular Hbond substituents is 1. The predicted octanol–water partition coefficient (Wildman–Crippen LogP) is 4.05. The highest BCUT2D eigenvalue weighted by Crippen LogP contribution is 2.12. The Morgan fingerprint density at radius 2 is 1.67 bits per heavy atom. The van der Waals surface area contributed by atoms with Gasteiger partial charge < -0.3 is 25.0 Å². The second-order valence-electron chi connectivity index (χ2n) is 8.06. The molecule has 0 saturated carbocycles. The fraction of sp³-hybridized carbons (Fsp3) is 0.444. The van der Waals surface area contributed by atoms with E-state index in [0.29, 0.717) is 32.5 Å². The van der Waals surface area contributed by atoms with E-state index in [2.05, 4.69) is 11.9 Å². The Hall–Kier alpha value is -2.67. The van der Waals surface area contributed by atoms with E-state index < -0.39 is 6.10 Å². The average molecular weight is 458 g/mol. The number of benzene rings is 2. The lowest BCUT2D eigenvalue weighted by Gasteiger charge is -2.21. The minimum atomic E-state index is -0.515. The fourth-order valence-corrected chi connectivity index (χ4v) is 3.00. The third-order valence-corrected chi connectivity index (χ3v) is 4.56. The number of phenols is 1. The van der Waals surface area contributed by atoms with Crippen LogP contribution in [0.5, 0.6) is 5.75 Å². The van der Waals surface area contributed by atoms with Crippen LogP contribution in [0, 0.1) is 0 Å². The number of hydrogen-bond acceptors (Lipinski definition) is 5. The summed E-state index contributed by atoms with van der Waals surface area (Å²) in [6.45, 7) is 9.79. The van der Waals surface area contributed by atoms with Crippen LogP contribution in [0.15, 0.2) is 67.3 Å². The summed E-state index contributed by atoms with van der Waals surface area (Å²) in [6, 6.07) is 16.7. The van der Waals surface area contributed by atoms with E-state index in [1.807, 2.05) is 56.3 Å². The lowest BCUT2D eigenvalue weighted by Crippen LogP contribution is -2.40. The van der Waals surface area contributed by atoms with Crippen LogP contribution in [0.2, 0.25) is 0 Å². The molecule has 0 unspecified atom stereocenters. The van der Waals surface area contributed by atoms with Crippen molar-refractivity contribution in [2.24, 2.45) is 0 Å². The van der Waals surface area contributed by atoms with E-state index in [4.69, 9.17) is 9.47 Å². The first-order valence-corrected chi connectivity index (χ1v) is 11.4. The minimum Gasteiger partial charge on any atom is -0.508 e. The van der Waals surface area contributed by atoms with E-state index in [9.17, 15) is 15.0 Å². The zero-order valence-electron chi connectivity index (χ0n) is 20.1. The molecule has 0 bridgehead atoms. The summed E-state index contributed by atoms with van der Waals surface area (Å²) in [5, 5.41) is 21.8. The van der Waals surface area contributed by atoms with Gasteiger partial charge in [0.05, 0.1) is 38.1 Å². The number of rotatable bonds is 13. The minimum absolute atomic E-state index is 0.0235. The normalized spacial score (nSPS) is 13.2. The van der Waals surface area contributed by atoms with Crippen LogP contribution < -0.4 is 5.32 Å². The van der Waals surface area contributed by atoms with Crippen LogP contribution in [0.1, 0.15) is 38.3 Å². The molecule has 0 aliphatic carbocycles. The number of carbonyl (C=O) groups is 1. The largest absolute Gasteiger partial charge is 0.508 e. The molecule has 6 nitrogen and oxygen atoms in total. The van der Waals surface area contributed by atoms with E-state index in [-0.39, 0.29) is 30.4 Å². The Morgan fingerprint density at radius 3 is 2.27 bits per heavy atom. The topological polar surface area (TPSA) is 88.0 Å². The molecule has 0 heterocycles. The smallest absolute Gasteiger partial charge is 0.220 e. The SMILES string of the molecule is C=CC.C[C@@H](O)CO[C@@H](C)COC[C@H](Cc1ccc(O)cc1)NC(=O)CCc1ccccc1. The molecule has 0 aliphatic heterocycles. The van der Waals surface area contributed by atoms with Crippen molar-refractivity contribution in [3.05, 3.63) is 78.4 Å². The van der Waals surface area contributed by atoms with Crippen molar-refractivity contribution >= 4 is 5.91 Å². The number of allylic oxidation sites excluding steroid dienone is 1. The summed E-state index contributed by atoms with van der Waals surface area (Å²) in [5.41, 5.74) is 2.13. The number of hydrogen-bond donors (Lipinski definition) is 3. The van der Waals surface area contributed by atoms with E-state index in [1.54, 1.807) is 25.1 Å². The van der Waals surface area contributed by atoms with Gasteiger partial charge in [0.2, 0.25) is 5.91 Å². The van der Waals surface area contributed by atoms with Crippen LogP contribution in [0.4, 0.5) is 0 Å². The summed E-state index contributed by atoms with van der Waals surface area (Å²) >= 11 is 0. The second kappa shape index (κ2) is 16.9. The van der Waals surface area contributed by atoms with Gasteiger partial charge in [0.1, 0.15) is 5.75 Å². The second-order valence-corrected chi connectivity index (χ2v) is 8.06. The lowest BCUT2D eigenvalue weighted by atomic mass is 10.1. The monoisotopic (exact) mass is 457 g/mol. The Labute approximate surface area is 198 Å². The number of amides is 1. The summed E-state index contributed by atoms with van der Waals surface area (Å²) in [6.07, 6.45) is 2.77. The number of aliphatic hydroxyl groups is 1. The summed E-state index contributed by atoms with van der Waals surface area (Å²) < 4.78 is 11.3. The lowest BCUT2D eigenvalue weighted by molar-refractivity contribution is -0.122. The van der Waals surface area contributed by atoms with Crippen LogP contribution in [0.25, 0.3) is 0 Å². The molecule has 0 fully saturated rings. The van der Waals surface area contributed by atoms with Gasteiger partial charge in [-0.2, -0.15) is 0 Å². The van der Waals surface area contributed by atoms with Crippen LogP contribution in [-0.2, 0) is 27.1 Å². The van der Waals surface area contributed by atoms with Gasteiger partial charge in [0.25, 0.3) is 0 Å². The number of carbonyl (C=O) groups excluding carboxylic acids is 1. The molecule has 0 spiro atoms. The molecule has 0 radical (unpaired) electrons. The van der Waals surface area contributed by atoms with Gasteiger partial charge in [-0.05, 0) is 56.9 Å². The van der Waals surface area contributed by atoms with Crippen LogP contribution in [0.3, 0.4) is 0 Å². The number of aromatic hydroxyl groups is 1. The summed E-state index contributed by atoms with van der Waals surface area (Å²) in [5.74, 6) is 0.187. The Balaban J connectivity index is 0.00000172. The highest BCUT2D eigenvalue weighted by molar-refractivity contribution is 5.76. The number of nitrogens with one attached hydrogen (secondary N) is 1. The molecule has 0 aliphatic rings. The molecule has 0 aromatic heterocycles. The Kier molecular flexibility index (Phi) is 14.5. The average Bonchev–Trinajstić information content (AvgIpc) is 2.79. The van der Waals surface area contributed by atoms with Gasteiger partial charge in [0, 0.05) is 6.42 Å². The Morgan fingerprint density at radius 1 is 1.03 bits per heavy atom. The maximum Gasteiger partial charge on any atom is 0.220 e. The summed E-state index contributed by atoms with van der Waals surface area (Å²) in [4.78, 5) is 12.5. The third-order valence-electron chi connectivity index (χ3n) is 4.56. The molecule has 182 valence electrons. The van der Waals surface area contributed by atoms with Crippen LogP contribution in [-0.4, -0.2) is 54.2 Å². The van der Waals surface area contributed by atoms with Gasteiger partial charge >= 0.3 is 0 Å². The van der Waals surface area contributed by atoms with Gasteiger partial charge in [-0.1, -0.05) is 48.5 Å². The number of ether oxygens (including phenoxy) is 2. The van der Waals surface area contributed by atoms with Crippen molar-refractivity contribution in [2.45, 2.75) is 58.3 Å². The molecule has 2 rings (SSSR count). The van der Waals surface area contributed by atoms with Crippen molar-refractivity contribution < 1.29 is 24.5 Å².